The van der Waals surface area contributed by atoms with E-state index in [9.17, 15) is 9.59 Å². The van der Waals surface area contributed by atoms with Gasteiger partial charge in [-0.25, -0.2) is 0 Å². The zero-order valence-corrected chi connectivity index (χ0v) is 13.2. The van der Waals surface area contributed by atoms with Crippen molar-refractivity contribution in [2.24, 2.45) is 0 Å². The highest BCUT2D eigenvalue weighted by atomic mass is 16.2. The third-order valence-corrected chi connectivity index (χ3v) is 2.78. The van der Waals surface area contributed by atoms with Crippen molar-refractivity contribution < 1.29 is 9.59 Å². The Morgan fingerprint density at radius 2 is 1.50 bits per heavy atom. The minimum atomic E-state index is -0.326. The van der Waals surface area contributed by atoms with Crippen molar-refractivity contribution in [1.29, 1.82) is 0 Å². The van der Waals surface area contributed by atoms with E-state index >= 15 is 0 Å². The third-order valence-electron chi connectivity index (χ3n) is 2.78. The molecule has 0 bridgehead atoms. The number of carbonyl (C=O) groups excluding carboxylic acids is 2. The first-order chi connectivity index (χ1) is 9.08. The van der Waals surface area contributed by atoms with Gasteiger partial charge in [0.05, 0.1) is 0 Å². The molecule has 1 rings (SSSR count). The Labute approximate surface area is 121 Å². The van der Waals surface area contributed by atoms with Gasteiger partial charge in [0.25, 0.3) is 0 Å². The van der Waals surface area contributed by atoms with Crippen molar-refractivity contribution in [2.75, 3.05) is 5.32 Å². The van der Waals surface area contributed by atoms with Crippen LogP contribution < -0.4 is 10.6 Å². The van der Waals surface area contributed by atoms with Crippen LogP contribution in [-0.2, 0) is 9.59 Å². The summed E-state index contributed by atoms with van der Waals surface area (Å²) in [5.41, 5.74) is 3.64. The molecule has 0 saturated heterocycles. The standard InChI is InChI=1S/C16H24N2O2/c1-10-7-11(2)15(12(3)8-10)17-13(19)9-14(20)18-16(4,5)6/h7-8H,9H2,1-6H3,(H,17,19)(H,18,20). The van der Waals surface area contributed by atoms with Gasteiger partial charge in [-0.2, -0.15) is 0 Å². The third kappa shape index (κ3) is 5.03. The maximum atomic E-state index is 11.9. The molecule has 0 spiro atoms. The molecular weight excluding hydrogens is 252 g/mol. The van der Waals surface area contributed by atoms with Gasteiger partial charge in [-0.3, -0.25) is 9.59 Å². The fraction of sp³-hybridized carbons (Fsp3) is 0.500. The lowest BCUT2D eigenvalue weighted by Gasteiger charge is -2.20. The SMILES string of the molecule is Cc1cc(C)c(NC(=O)CC(=O)NC(C)(C)C)c(C)c1. The lowest BCUT2D eigenvalue weighted by molar-refractivity contribution is -0.127. The molecule has 20 heavy (non-hydrogen) atoms. The topological polar surface area (TPSA) is 58.2 Å². The highest BCUT2D eigenvalue weighted by molar-refractivity contribution is 6.04. The van der Waals surface area contributed by atoms with E-state index in [-0.39, 0.29) is 23.8 Å². The van der Waals surface area contributed by atoms with Gasteiger partial charge in [-0.15, -0.1) is 0 Å². The number of amides is 2. The first kappa shape index (κ1) is 16.2. The van der Waals surface area contributed by atoms with Crippen LogP contribution in [0.2, 0.25) is 0 Å². The van der Waals surface area contributed by atoms with Crippen LogP contribution in [0.4, 0.5) is 5.69 Å². The van der Waals surface area contributed by atoms with Gasteiger partial charge in [0.15, 0.2) is 0 Å². The quantitative estimate of drug-likeness (QED) is 0.834. The first-order valence-corrected chi connectivity index (χ1v) is 6.77. The van der Waals surface area contributed by atoms with Crippen molar-refractivity contribution in [2.45, 2.75) is 53.5 Å². The molecule has 0 saturated carbocycles. The van der Waals surface area contributed by atoms with Crippen LogP contribution in [0.25, 0.3) is 0 Å². The predicted octanol–water partition coefficient (Wildman–Crippen LogP) is 2.86. The van der Waals surface area contributed by atoms with E-state index in [1.807, 2.05) is 53.7 Å². The van der Waals surface area contributed by atoms with Crippen molar-refractivity contribution >= 4 is 17.5 Å². The Morgan fingerprint density at radius 3 is 1.95 bits per heavy atom. The van der Waals surface area contributed by atoms with Crippen LogP contribution in [0.3, 0.4) is 0 Å². The zero-order valence-electron chi connectivity index (χ0n) is 13.2. The number of hydrogen-bond acceptors (Lipinski definition) is 2. The van der Waals surface area contributed by atoms with Gasteiger partial charge in [0.2, 0.25) is 11.8 Å². The average Bonchev–Trinajstić information content (AvgIpc) is 2.20. The van der Waals surface area contributed by atoms with E-state index in [0.29, 0.717) is 0 Å². The lowest BCUT2D eigenvalue weighted by Crippen LogP contribution is -2.41. The number of carbonyl (C=O) groups is 2. The Hall–Kier alpha value is -1.84. The maximum Gasteiger partial charge on any atom is 0.233 e. The summed E-state index contributed by atoms with van der Waals surface area (Å²) in [5, 5.41) is 5.60. The Morgan fingerprint density at radius 1 is 1.00 bits per heavy atom. The summed E-state index contributed by atoms with van der Waals surface area (Å²) >= 11 is 0. The van der Waals surface area contributed by atoms with E-state index in [1.165, 1.54) is 0 Å². The van der Waals surface area contributed by atoms with E-state index in [2.05, 4.69) is 10.6 Å². The molecule has 2 amide bonds. The van der Waals surface area contributed by atoms with Crippen LogP contribution in [-0.4, -0.2) is 17.4 Å². The molecule has 1 aromatic carbocycles. The zero-order chi connectivity index (χ0) is 15.5. The molecule has 0 radical (unpaired) electrons. The fourth-order valence-electron chi connectivity index (χ4n) is 2.17. The van der Waals surface area contributed by atoms with Crippen LogP contribution >= 0.6 is 0 Å². The summed E-state index contributed by atoms with van der Waals surface area (Å²) in [6.07, 6.45) is -0.163. The highest BCUT2D eigenvalue weighted by Crippen LogP contribution is 2.22. The van der Waals surface area contributed by atoms with Crippen LogP contribution in [0.5, 0.6) is 0 Å². The molecule has 1 aromatic rings. The monoisotopic (exact) mass is 276 g/mol. The van der Waals surface area contributed by atoms with Gasteiger partial charge in [-0.1, -0.05) is 17.7 Å². The van der Waals surface area contributed by atoms with Crippen molar-refractivity contribution in [3.63, 3.8) is 0 Å². The number of rotatable bonds is 3. The summed E-state index contributed by atoms with van der Waals surface area (Å²) in [4.78, 5) is 23.6. The van der Waals surface area contributed by atoms with Crippen molar-refractivity contribution in [3.8, 4) is 0 Å². The number of nitrogens with one attached hydrogen (secondary N) is 2. The number of hydrogen-bond donors (Lipinski definition) is 2. The summed E-state index contributed by atoms with van der Waals surface area (Å²) in [6, 6.07) is 4.02. The summed E-state index contributed by atoms with van der Waals surface area (Å²) in [7, 11) is 0. The molecule has 4 heteroatoms. The molecule has 0 unspecified atom stereocenters. The van der Waals surface area contributed by atoms with Crippen molar-refractivity contribution in [3.05, 3.63) is 28.8 Å². The summed E-state index contributed by atoms with van der Waals surface area (Å²) in [5.74, 6) is -0.556. The van der Waals surface area contributed by atoms with E-state index in [0.717, 1.165) is 22.4 Å². The van der Waals surface area contributed by atoms with E-state index in [4.69, 9.17) is 0 Å². The second kappa shape index (κ2) is 6.07. The van der Waals surface area contributed by atoms with Crippen molar-refractivity contribution in [1.82, 2.24) is 5.32 Å². The van der Waals surface area contributed by atoms with Crippen LogP contribution in [0.15, 0.2) is 12.1 Å². The van der Waals surface area contributed by atoms with E-state index in [1.54, 1.807) is 0 Å². The number of benzene rings is 1. The van der Waals surface area contributed by atoms with Crippen LogP contribution in [0.1, 0.15) is 43.9 Å². The molecule has 0 heterocycles. The molecule has 0 aliphatic carbocycles. The summed E-state index contributed by atoms with van der Waals surface area (Å²) in [6.45, 7) is 11.6. The maximum absolute atomic E-state index is 11.9. The van der Waals surface area contributed by atoms with E-state index < -0.39 is 0 Å². The van der Waals surface area contributed by atoms with Gasteiger partial charge in [-0.05, 0) is 52.7 Å². The average molecular weight is 276 g/mol. The highest BCUT2D eigenvalue weighted by Gasteiger charge is 2.17. The van der Waals surface area contributed by atoms with Gasteiger partial charge in [0, 0.05) is 11.2 Å². The second-order valence-corrected chi connectivity index (χ2v) is 6.30. The molecule has 4 nitrogen and oxygen atoms in total. The largest absolute Gasteiger partial charge is 0.351 e. The minimum absolute atomic E-state index is 0.163. The predicted molar refractivity (Wildman–Crippen MR) is 81.8 cm³/mol. The molecule has 0 aliphatic heterocycles. The fourth-order valence-corrected chi connectivity index (χ4v) is 2.17. The number of anilines is 1. The molecular formula is C16H24N2O2. The Kier molecular flexibility index (Phi) is 4.93. The minimum Gasteiger partial charge on any atom is -0.351 e. The smallest absolute Gasteiger partial charge is 0.233 e. The van der Waals surface area contributed by atoms with Gasteiger partial charge < -0.3 is 10.6 Å². The molecule has 2 N–H and O–H groups in total. The number of aryl methyl sites for hydroxylation is 3. The molecule has 0 fully saturated rings. The molecule has 0 aliphatic rings. The molecule has 110 valence electrons. The molecule has 0 aromatic heterocycles. The normalized spacial score (nSPS) is 11.1. The Bertz CT molecular complexity index is 505. The Balaban J connectivity index is 2.70. The van der Waals surface area contributed by atoms with Gasteiger partial charge in [0.1, 0.15) is 6.42 Å². The second-order valence-electron chi connectivity index (χ2n) is 6.30. The summed E-state index contributed by atoms with van der Waals surface area (Å²) < 4.78 is 0. The van der Waals surface area contributed by atoms with Crippen LogP contribution in [0, 0.1) is 20.8 Å². The first-order valence-electron chi connectivity index (χ1n) is 6.77. The molecule has 0 atom stereocenters. The lowest BCUT2D eigenvalue weighted by atomic mass is 10.0. The van der Waals surface area contributed by atoms with Gasteiger partial charge >= 0.3 is 0 Å².